The Bertz CT molecular complexity index is 2000. The van der Waals surface area contributed by atoms with Crippen molar-refractivity contribution in [3.8, 4) is 29.1 Å². The van der Waals surface area contributed by atoms with E-state index in [9.17, 15) is 19.2 Å². The van der Waals surface area contributed by atoms with Gasteiger partial charge in [0.2, 0.25) is 5.13 Å². The van der Waals surface area contributed by atoms with Crippen molar-refractivity contribution in [1.82, 2.24) is 4.98 Å². The van der Waals surface area contributed by atoms with Crippen LogP contribution in [0.25, 0.3) is 10.2 Å². The lowest BCUT2D eigenvalue weighted by atomic mass is 9.82. The quantitative estimate of drug-likeness (QED) is 0.0142. The molecule has 0 unspecified atom stereocenters. The summed E-state index contributed by atoms with van der Waals surface area (Å²) >= 11 is 1.49. The minimum atomic E-state index is -0.426. The molecule has 57 heavy (non-hydrogen) atoms. The molecule has 1 aliphatic rings. The number of benzene rings is 3. The highest BCUT2D eigenvalue weighted by atomic mass is 32.1. The maximum absolute atomic E-state index is 13.4. The monoisotopic (exact) mass is 794 g/mol. The Labute approximate surface area is 335 Å². The van der Waals surface area contributed by atoms with E-state index in [0.717, 1.165) is 42.0 Å². The number of fused-ring (bicyclic) bond motifs is 1. The van der Waals surface area contributed by atoms with Gasteiger partial charge in [-0.2, -0.15) is 10.4 Å². The molecule has 0 radical (unpaired) electrons. The zero-order chi connectivity index (χ0) is 40.2. The third kappa shape index (κ3) is 13.3. The maximum Gasteiger partial charge on any atom is 0.330 e. The van der Waals surface area contributed by atoms with Crippen molar-refractivity contribution < 1.29 is 42.9 Å². The number of carbonyl (C=O) groups excluding carboxylic acids is 4. The van der Waals surface area contributed by atoms with Gasteiger partial charge in [-0.25, -0.2) is 14.8 Å². The normalized spacial score (nSPS) is 15.0. The van der Waals surface area contributed by atoms with Crippen molar-refractivity contribution in [3.05, 3.63) is 84.9 Å². The molecule has 1 aromatic heterocycles. The molecule has 1 fully saturated rings. The molecule has 298 valence electrons. The van der Waals surface area contributed by atoms with Crippen molar-refractivity contribution in [2.24, 2.45) is 16.9 Å². The number of carbonyl (C=O) groups is 4. The first-order valence-corrected chi connectivity index (χ1v) is 19.9. The second kappa shape index (κ2) is 22.5. The van der Waals surface area contributed by atoms with Crippen LogP contribution in [0.1, 0.15) is 76.2 Å². The maximum atomic E-state index is 13.4. The Kier molecular flexibility index (Phi) is 16.6. The number of aromatic nitrogens is 1. The first-order valence-electron chi connectivity index (χ1n) is 19.1. The van der Waals surface area contributed by atoms with Crippen molar-refractivity contribution in [3.63, 3.8) is 0 Å². The first-order chi connectivity index (χ1) is 27.9. The molecule has 0 amide bonds. The fourth-order valence-corrected chi connectivity index (χ4v) is 7.11. The van der Waals surface area contributed by atoms with E-state index in [-0.39, 0.29) is 23.4 Å². The number of nitriles is 1. The molecule has 5 rings (SSSR count). The SMILES string of the molecule is C=CC(=O)OCCCCCCOc1ccc(OC(=O)C2CCC(C(=O)Oc3ccc(OC=O)cc3/C=N/N(CCCCC#N)c3nc4ccccc4s3)CC2)cc1. The minimum Gasteiger partial charge on any atom is -0.494 e. The van der Waals surface area contributed by atoms with Gasteiger partial charge in [0, 0.05) is 24.6 Å². The molecule has 0 aliphatic heterocycles. The Morgan fingerprint density at radius 2 is 1.54 bits per heavy atom. The van der Waals surface area contributed by atoms with Crippen LogP contribution >= 0.6 is 11.3 Å². The summed E-state index contributed by atoms with van der Waals surface area (Å²) in [5.74, 6) is -0.363. The highest BCUT2D eigenvalue weighted by Gasteiger charge is 2.32. The molecule has 0 bridgehead atoms. The van der Waals surface area contributed by atoms with Crippen molar-refractivity contribution in [1.29, 1.82) is 5.26 Å². The molecule has 3 aromatic carbocycles. The number of para-hydroxylation sites is 1. The Balaban J connectivity index is 1.11. The summed E-state index contributed by atoms with van der Waals surface area (Å²) in [5.41, 5.74) is 1.26. The summed E-state index contributed by atoms with van der Waals surface area (Å²) in [6.07, 6.45) is 9.90. The fraction of sp³-hybridized carbons (Fsp3) is 0.372. The molecule has 1 aliphatic carbocycles. The third-order valence-corrected chi connectivity index (χ3v) is 10.3. The summed E-state index contributed by atoms with van der Waals surface area (Å²) < 4.78 is 28.4. The van der Waals surface area contributed by atoms with Crippen LogP contribution in [0.15, 0.2) is 84.5 Å². The molecule has 0 saturated heterocycles. The average molecular weight is 795 g/mol. The number of anilines is 1. The van der Waals surface area contributed by atoms with E-state index in [1.165, 1.54) is 17.4 Å². The van der Waals surface area contributed by atoms with E-state index in [4.69, 9.17) is 39.0 Å². The lowest BCUT2D eigenvalue weighted by Gasteiger charge is -2.26. The van der Waals surface area contributed by atoms with Gasteiger partial charge in [0.15, 0.2) is 0 Å². The summed E-state index contributed by atoms with van der Waals surface area (Å²) in [6, 6.07) is 21.5. The number of hydrogen-bond acceptors (Lipinski definition) is 14. The van der Waals surface area contributed by atoms with Gasteiger partial charge in [0.1, 0.15) is 23.0 Å². The molecular formula is C43H46N4O9S. The molecule has 0 spiro atoms. The zero-order valence-corrected chi connectivity index (χ0v) is 32.5. The Hall–Kier alpha value is -6.07. The number of rotatable bonds is 22. The minimum absolute atomic E-state index is 0.244. The van der Waals surface area contributed by atoms with E-state index >= 15 is 0 Å². The van der Waals surface area contributed by atoms with Crippen LogP contribution in [0.4, 0.5) is 5.13 Å². The second-order valence-corrected chi connectivity index (χ2v) is 14.4. The largest absolute Gasteiger partial charge is 0.494 e. The molecule has 1 saturated carbocycles. The molecule has 1 heterocycles. The number of unbranched alkanes of at least 4 members (excludes halogenated alkanes) is 5. The van der Waals surface area contributed by atoms with Gasteiger partial charge >= 0.3 is 17.9 Å². The van der Waals surface area contributed by atoms with Gasteiger partial charge in [-0.05, 0) is 119 Å². The number of nitrogens with zero attached hydrogens (tertiary/aromatic N) is 4. The predicted molar refractivity (Wildman–Crippen MR) is 215 cm³/mol. The molecule has 0 atom stereocenters. The van der Waals surface area contributed by atoms with Crippen molar-refractivity contribution in [2.75, 3.05) is 24.8 Å². The summed E-state index contributed by atoms with van der Waals surface area (Å²) in [7, 11) is 0. The van der Waals surface area contributed by atoms with Gasteiger partial charge in [-0.15, -0.1) is 0 Å². The highest BCUT2D eigenvalue weighted by molar-refractivity contribution is 7.22. The van der Waals surface area contributed by atoms with E-state index in [1.54, 1.807) is 47.6 Å². The molecule has 0 N–H and O–H groups in total. The van der Waals surface area contributed by atoms with Crippen LogP contribution in [-0.4, -0.2) is 55.3 Å². The summed E-state index contributed by atoms with van der Waals surface area (Å²) in [5, 5.41) is 16.1. The first kappa shape index (κ1) is 42.1. The van der Waals surface area contributed by atoms with Crippen LogP contribution in [-0.2, 0) is 23.9 Å². The summed E-state index contributed by atoms with van der Waals surface area (Å²) in [6.45, 7) is 5.12. The van der Waals surface area contributed by atoms with Crippen molar-refractivity contribution >= 4 is 57.3 Å². The smallest absolute Gasteiger partial charge is 0.330 e. The Morgan fingerprint density at radius 3 is 2.25 bits per heavy atom. The predicted octanol–water partition coefficient (Wildman–Crippen LogP) is 8.35. The van der Waals surface area contributed by atoms with Crippen LogP contribution in [0.3, 0.4) is 0 Å². The van der Waals surface area contributed by atoms with Gasteiger partial charge < -0.3 is 23.7 Å². The van der Waals surface area contributed by atoms with Crippen LogP contribution in [0.2, 0.25) is 0 Å². The average Bonchev–Trinajstić information content (AvgIpc) is 3.67. The zero-order valence-electron chi connectivity index (χ0n) is 31.7. The second-order valence-electron chi connectivity index (χ2n) is 13.4. The van der Waals surface area contributed by atoms with Gasteiger partial charge in [-0.1, -0.05) is 30.0 Å². The molecule has 13 nitrogen and oxygen atoms in total. The van der Waals surface area contributed by atoms with Crippen LogP contribution < -0.4 is 24.0 Å². The highest BCUT2D eigenvalue weighted by Crippen LogP contribution is 2.33. The van der Waals surface area contributed by atoms with E-state index in [1.807, 2.05) is 24.3 Å². The van der Waals surface area contributed by atoms with E-state index in [0.29, 0.717) is 93.4 Å². The topological polar surface area (TPSA) is 167 Å². The molecule has 4 aromatic rings. The lowest BCUT2D eigenvalue weighted by Crippen LogP contribution is -2.30. The van der Waals surface area contributed by atoms with Crippen LogP contribution in [0, 0.1) is 23.2 Å². The number of hydrogen-bond donors (Lipinski definition) is 0. The number of esters is 3. The van der Waals surface area contributed by atoms with Gasteiger partial charge in [-0.3, -0.25) is 14.4 Å². The van der Waals surface area contributed by atoms with Crippen LogP contribution in [0.5, 0.6) is 23.0 Å². The summed E-state index contributed by atoms with van der Waals surface area (Å²) in [4.78, 5) is 53.4. The lowest BCUT2D eigenvalue weighted by molar-refractivity contribution is -0.145. The van der Waals surface area contributed by atoms with E-state index < -0.39 is 17.9 Å². The number of ether oxygens (including phenoxy) is 5. The van der Waals surface area contributed by atoms with Gasteiger partial charge in [0.05, 0.1) is 47.6 Å². The van der Waals surface area contributed by atoms with Crippen molar-refractivity contribution in [2.45, 2.75) is 70.6 Å². The molecule has 14 heteroatoms. The molecular weight excluding hydrogens is 749 g/mol. The Morgan fingerprint density at radius 1 is 0.860 bits per heavy atom. The van der Waals surface area contributed by atoms with Gasteiger partial charge in [0.25, 0.3) is 6.47 Å². The standard InChI is InChI=1S/C43H46N4O9S/c1-2-40(49)53-27-11-4-3-10-26-52-34-18-20-35(21-19-34)55-41(50)31-14-16-32(17-15-31)42(51)56-38-23-22-36(54-30-48)28-33(38)29-45-47(25-9-5-8-24-44)43-46-37-12-6-7-13-39(37)57-43/h2,6-7,12-13,18-23,28-32H,1,3-5,8-11,14-17,25-27H2/b45-29+. The van der Waals surface area contributed by atoms with E-state index in [2.05, 4.69) is 12.6 Å². The fourth-order valence-electron chi connectivity index (χ4n) is 6.16. The number of thiazole rings is 1. The number of hydrazone groups is 1. The third-order valence-electron chi connectivity index (χ3n) is 9.28.